The van der Waals surface area contributed by atoms with Gasteiger partial charge in [0.25, 0.3) is 0 Å². The number of anilines is 1. The summed E-state index contributed by atoms with van der Waals surface area (Å²) in [6.07, 6.45) is 1.27. The van der Waals surface area contributed by atoms with Crippen molar-refractivity contribution in [2.24, 2.45) is 0 Å². The van der Waals surface area contributed by atoms with Crippen molar-refractivity contribution in [2.45, 2.75) is 38.8 Å². The van der Waals surface area contributed by atoms with Gasteiger partial charge in [-0.05, 0) is 60.3 Å². The van der Waals surface area contributed by atoms with Crippen molar-refractivity contribution in [1.82, 2.24) is 4.90 Å². The van der Waals surface area contributed by atoms with Crippen molar-refractivity contribution in [1.29, 1.82) is 0 Å². The van der Waals surface area contributed by atoms with E-state index in [9.17, 15) is 9.90 Å². The molecule has 5 heteroatoms. The average Bonchev–Trinajstić information content (AvgIpc) is 2.42. The van der Waals surface area contributed by atoms with Crippen molar-refractivity contribution >= 4 is 27.5 Å². The number of hydrogen-bond acceptors (Lipinski definition) is 3. The maximum absolute atomic E-state index is 12.3. The van der Waals surface area contributed by atoms with Crippen LogP contribution in [0, 0.1) is 6.92 Å². The Bertz CT molecular complexity index is 485. The summed E-state index contributed by atoms with van der Waals surface area (Å²) in [6.45, 7) is 5.46. The van der Waals surface area contributed by atoms with E-state index in [-0.39, 0.29) is 18.1 Å². The van der Waals surface area contributed by atoms with Crippen molar-refractivity contribution in [2.75, 3.05) is 18.4 Å². The third-order valence-electron chi connectivity index (χ3n) is 3.81. The summed E-state index contributed by atoms with van der Waals surface area (Å²) in [7, 11) is 0. The molecular formula is C15H21BrN2O2. The van der Waals surface area contributed by atoms with Gasteiger partial charge in [-0.1, -0.05) is 6.07 Å². The lowest BCUT2D eigenvalue weighted by molar-refractivity contribution is -0.121. The first-order valence-corrected chi connectivity index (χ1v) is 7.76. The summed E-state index contributed by atoms with van der Waals surface area (Å²) in [5, 5.41) is 12.5. The number of carbonyl (C=O) groups is 1. The molecule has 1 unspecified atom stereocenters. The fourth-order valence-corrected chi connectivity index (χ4v) is 2.99. The van der Waals surface area contributed by atoms with Crippen LogP contribution in [0.1, 0.15) is 25.3 Å². The van der Waals surface area contributed by atoms with Crippen LogP contribution in [0.2, 0.25) is 0 Å². The van der Waals surface area contributed by atoms with Crippen molar-refractivity contribution in [3.8, 4) is 0 Å². The van der Waals surface area contributed by atoms with Crippen LogP contribution >= 0.6 is 15.9 Å². The molecular weight excluding hydrogens is 320 g/mol. The van der Waals surface area contributed by atoms with Gasteiger partial charge in [0.2, 0.25) is 5.91 Å². The molecule has 1 amide bonds. The van der Waals surface area contributed by atoms with Gasteiger partial charge in [0.05, 0.1) is 17.8 Å². The van der Waals surface area contributed by atoms with E-state index in [0.29, 0.717) is 0 Å². The van der Waals surface area contributed by atoms with Crippen LogP contribution in [0.15, 0.2) is 22.7 Å². The van der Waals surface area contributed by atoms with Gasteiger partial charge in [-0.3, -0.25) is 9.69 Å². The molecule has 20 heavy (non-hydrogen) atoms. The molecule has 4 nitrogen and oxygen atoms in total. The van der Waals surface area contributed by atoms with Crippen LogP contribution < -0.4 is 5.32 Å². The molecule has 0 spiro atoms. The van der Waals surface area contributed by atoms with Gasteiger partial charge in [0.15, 0.2) is 0 Å². The number of hydrogen-bond donors (Lipinski definition) is 2. The number of carbonyl (C=O) groups excluding carboxylic acids is 1. The molecule has 1 aliphatic heterocycles. The van der Waals surface area contributed by atoms with E-state index in [2.05, 4.69) is 26.1 Å². The highest BCUT2D eigenvalue weighted by atomic mass is 79.9. The zero-order chi connectivity index (χ0) is 14.7. The number of aryl methyl sites for hydroxylation is 1. The Hall–Kier alpha value is -0.910. The van der Waals surface area contributed by atoms with E-state index in [1.807, 2.05) is 32.0 Å². The highest BCUT2D eigenvalue weighted by Crippen LogP contribution is 2.24. The van der Waals surface area contributed by atoms with E-state index in [4.69, 9.17) is 0 Å². The smallest absolute Gasteiger partial charge is 0.241 e. The first-order chi connectivity index (χ1) is 9.47. The van der Waals surface area contributed by atoms with Crippen LogP contribution in [0.5, 0.6) is 0 Å². The second-order valence-electron chi connectivity index (χ2n) is 5.42. The lowest BCUT2D eigenvalue weighted by Crippen LogP contribution is -2.47. The number of halogens is 1. The number of amides is 1. The fraction of sp³-hybridized carbons (Fsp3) is 0.533. The predicted octanol–water partition coefficient (Wildman–Crippen LogP) is 2.54. The zero-order valence-corrected chi connectivity index (χ0v) is 13.5. The number of benzene rings is 1. The first kappa shape index (κ1) is 15.5. The van der Waals surface area contributed by atoms with E-state index < -0.39 is 0 Å². The Labute approximate surface area is 128 Å². The molecule has 1 atom stereocenters. The van der Waals surface area contributed by atoms with Crippen LogP contribution in [0.3, 0.4) is 0 Å². The van der Waals surface area contributed by atoms with E-state index in [1.54, 1.807) is 0 Å². The molecule has 2 N–H and O–H groups in total. The second-order valence-corrected chi connectivity index (χ2v) is 6.27. The molecule has 1 aromatic rings. The second kappa shape index (κ2) is 6.70. The van der Waals surface area contributed by atoms with Crippen molar-refractivity contribution < 1.29 is 9.90 Å². The van der Waals surface area contributed by atoms with Gasteiger partial charge in [0.1, 0.15) is 0 Å². The topological polar surface area (TPSA) is 52.6 Å². The van der Waals surface area contributed by atoms with Gasteiger partial charge in [-0.15, -0.1) is 0 Å². The lowest BCUT2D eigenvalue weighted by Gasteiger charge is -2.33. The quantitative estimate of drug-likeness (QED) is 0.888. The summed E-state index contributed by atoms with van der Waals surface area (Å²) in [5.41, 5.74) is 1.94. The monoisotopic (exact) mass is 340 g/mol. The zero-order valence-electron chi connectivity index (χ0n) is 11.9. The summed E-state index contributed by atoms with van der Waals surface area (Å²) in [4.78, 5) is 14.4. The Morgan fingerprint density at radius 2 is 2.10 bits per heavy atom. The maximum atomic E-state index is 12.3. The molecule has 1 saturated heterocycles. The molecule has 1 heterocycles. The largest absolute Gasteiger partial charge is 0.393 e. The normalized spacial score (nSPS) is 18.8. The Kier molecular flexibility index (Phi) is 5.18. The summed E-state index contributed by atoms with van der Waals surface area (Å²) < 4.78 is 0.895. The number of aliphatic hydroxyl groups is 1. The maximum Gasteiger partial charge on any atom is 0.241 e. The fourth-order valence-electron chi connectivity index (χ4n) is 2.40. The minimum absolute atomic E-state index is 0.00839. The molecule has 1 fully saturated rings. The number of nitrogens with zero attached hydrogens (tertiary/aromatic N) is 1. The van der Waals surface area contributed by atoms with E-state index in [1.165, 1.54) is 0 Å². The number of rotatable bonds is 3. The van der Waals surface area contributed by atoms with Crippen molar-refractivity contribution in [3.05, 3.63) is 28.2 Å². The Morgan fingerprint density at radius 3 is 2.70 bits per heavy atom. The van der Waals surface area contributed by atoms with Gasteiger partial charge in [-0.25, -0.2) is 0 Å². The molecule has 0 radical (unpaired) electrons. The molecule has 0 aromatic heterocycles. The predicted molar refractivity (Wildman–Crippen MR) is 83.8 cm³/mol. The molecule has 110 valence electrons. The molecule has 0 aliphatic carbocycles. The van der Waals surface area contributed by atoms with Gasteiger partial charge in [-0.2, -0.15) is 0 Å². The van der Waals surface area contributed by atoms with Crippen LogP contribution in [-0.2, 0) is 4.79 Å². The third-order valence-corrected chi connectivity index (χ3v) is 4.46. The number of piperidine rings is 1. The molecule has 0 bridgehead atoms. The first-order valence-electron chi connectivity index (χ1n) is 6.96. The summed E-state index contributed by atoms with van der Waals surface area (Å²) in [5.74, 6) is -0.00839. The van der Waals surface area contributed by atoms with Crippen LogP contribution in [0.4, 0.5) is 5.69 Å². The number of likely N-dealkylation sites (tertiary alicyclic amines) is 1. The van der Waals surface area contributed by atoms with E-state index >= 15 is 0 Å². The van der Waals surface area contributed by atoms with E-state index in [0.717, 1.165) is 41.7 Å². The number of nitrogens with one attached hydrogen (secondary N) is 1. The summed E-state index contributed by atoms with van der Waals surface area (Å²) in [6, 6.07) is 5.68. The van der Waals surface area contributed by atoms with Crippen molar-refractivity contribution in [3.63, 3.8) is 0 Å². The lowest BCUT2D eigenvalue weighted by atomic mass is 10.1. The van der Waals surface area contributed by atoms with Crippen LogP contribution in [0.25, 0.3) is 0 Å². The SMILES string of the molecule is Cc1ccc(NC(=O)C(C)N2CCC(O)CC2)c(Br)c1. The minimum Gasteiger partial charge on any atom is -0.393 e. The molecule has 1 aromatic carbocycles. The third kappa shape index (κ3) is 3.81. The van der Waals surface area contributed by atoms with Gasteiger partial charge < -0.3 is 10.4 Å². The molecule has 0 saturated carbocycles. The van der Waals surface area contributed by atoms with Gasteiger partial charge in [0, 0.05) is 17.6 Å². The Balaban J connectivity index is 1.97. The highest BCUT2D eigenvalue weighted by molar-refractivity contribution is 9.10. The standard InChI is InChI=1S/C15H21BrN2O2/c1-10-3-4-14(13(16)9-10)17-15(20)11(2)18-7-5-12(19)6-8-18/h3-4,9,11-12,19H,5-8H2,1-2H3,(H,17,20). The van der Waals surface area contributed by atoms with Crippen LogP contribution in [-0.4, -0.2) is 41.1 Å². The molecule has 1 aliphatic rings. The minimum atomic E-state index is -0.215. The Morgan fingerprint density at radius 1 is 1.45 bits per heavy atom. The summed E-state index contributed by atoms with van der Waals surface area (Å²) >= 11 is 3.47. The highest BCUT2D eigenvalue weighted by Gasteiger charge is 2.25. The number of aliphatic hydroxyl groups excluding tert-OH is 1. The average molecular weight is 341 g/mol. The molecule has 2 rings (SSSR count). The van der Waals surface area contributed by atoms with Gasteiger partial charge >= 0.3 is 0 Å².